The van der Waals surface area contributed by atoms with Crippen LogP contribution in [0.15, 0.2) is 24.3 Å². The summed E-state index contributed by atoms with van der Waals surface area (Å²) in [6.07, 6.45) is -1.38. The third-order valence-electron chi connectivity index (χ3n) is 4.71. The molecule has 118 valence electrons. The summed E-state index contributed by atoms with van der Waals surface area (Å²) in [5.41, 5.74) is 2.27. The summed E-state index contributed by atoms with van der Waals surface area (Å²) in [5.74, 6) is -1.03. The molecule has 6 atom stereocenters. The maximum atomic E-state index is 6.16. The average Bonchev–Trinajstić information content (AvgIpc) is 2.69. The van der Waals surface area contributed by atoms with Crippen molar-refractivity contribution in [3.8, 4) is 0 Å². The van der Waals surface area contributed by atoms with Crippen LogP contribution in [0.4, 0.5) is 0 Å². The summed E-state index contributed by atoms with van der Waals surface area (Å²) in [6.45, 7) is 3.26. The van der Waals surface area contributed by atoms with Gasteiger partial charge in [-0.15, -0.1) is 0 Å². The molecule has 4 heterocycles. The Balaban J connectivity index is 1.49. The van der Waals surface area contributed by atoms with Crippen molar-refractivity contribution in [3.63, 3.8) is 0 Å². The second kappa shape index (κ2) is 4.74. The molecule has 0 amide bonds. The van der Waals surface area contributed by atoms with Crippen LogP contribution < -0.4 is 0 Å². The average molecular weight is 306 g/mol. The third-order valence-corrected chi connectivity index (χ3v) is 4.71. The lowest BCUT2D eigenvalue weighted by Crippen LogP contribution is -2.62. The van der Waals surface area contributed by atoms with Gasteiger partial charge >= 0.3 is 0 Å². The molecule has 0 radical (unpaired) electrons. The summed E-state index contributed by atoms with van der Waals surface area (Å²) in [6, 6.07) is 8.14. The van der Waals surface area contributed by atoms with Crippen LogP contribution in [-0.2, 0) is 41.6 Å². The van der Waals surface area contributed by atoms with Gasteiger partial charge in [-0.3, -0.25) is 4.74 Å². The Morgan fingerprint density at radius 2 is 1.73 bits per heavy atom. The van der Waals surface area contributed by atoms with Crippen molar-refractivity contribution in [2.75, 3.05) is 6.61 Å². The van der Waals surface area contributed by atoms with Gasteiger partial charge in [0.25, 0.3) is 5.97 Å². The second-order valence-corrected chi connectivity index (χ2v) is 6.25. The van der Waals surface area contributed by atoms with Crippen molar-refractivity contribution in [2.24, 2.45) is 0 Å². The summed E-state index contributed by atoms with van der Waals surface area (Å²) >= 11 is 0. The van der Waals surface area contributed by atoms with Crippen LogP contribution in [0.2, 0.25) is 0 Å². The molecule has 1 aromatic carbocycles. The molecular weight excluding hydrogens is 288 g/mol. The summed E-state index contributed by atoms with van der Waals surface area (Å²) < 4.78 is 35.5. The summed E-state index contributed by atoms with van der Waals surface area (Å²) in [5, 5.41) is 0. The number of hydrogen-bond acceptors (Lipinski definition) is 6. The first-order valence-corrected chi connectivity index (χ1v) is 7.67. The van der Waals surface area contributed by atoms with Crippen LogP contribution in [-0.4, -0.2) is 43.3 Å². The van der Waals surface area contributed by atoms with Crippen LogP contribution in [0.1, 0.15) is 18.1 Å². The van der Waals surface area contributed by atoms with Crippen molar-refractivity contribution in [3.05, 3.63) is 35.4 Å². The van der Waals surface area contributed by atoms with Crippen LogP contribution in [0.5, 0.6) is 0 Å². The van der Waals surface area contributed by atoms with Crippen LogP contribution >= 0.6 is 0 Å². The fourth-order valence-electron chi connectivity index (χ4n) is 3.66. The molecule has 6 heteroatoms. The summed E-state index contributed by atoms with van der Waals surface area (Å²) in [4.78, 5) is 0. The molecule has 22 heavy (non-hydrogen) atoms. The van der Waals surface area contributed by atoms with Gasteiger partial charge in [-0.05, 0) is 11.1 Å². The van der Waals surface area contributed by atoms with Crippen molar-refractivity contribution in [1.29, 1.82) is 0 Å². The summed E-state index contributed by atoms with van der Waals surface area (Å²) in [7, 11) is 0. The van der Waals surface area contributed by atoms with Crippen LogP contribution in [0.3, 0.4) is 0 Å². The van der Waals surface area contributed by atoms with Crippen molar-refractivity contribution >= 4 is 0 Å². The topological polar surface area (TPSA) is 55.4 Å². The molecule has 3 fully saturated rings. The zero-order valence-corrected chi connectivity index (χ0v) is 12.3. The molecule has 4 aliphatic rings. The minimum absolute atomic E-state index is 0.206. The first-order chi connectivity index (χ1) is 10.7. The molecular formula is C16H18O6. The Morgan fingerprint density at radius 1 is 0.955 bits per heavy atom. The fraction of sp³-hybridized carbons (Fsp3) is 0.625. The van der Waals surface area contributed by atoms with Crippen LogP contribution in [0.25, 0.3) is 0 Å². The number of ether oxygens (including phenoxy) is 6. The van der Waals surface area contributed by atoms with Gasteiger partial charge in [0.05, 0.1) is 19.8 Å². The molecule has 0 aliphatic carbocycles. The lowest BCUT2D eigenvalue weighted by molar-refractivity contribution is -0.387. The second-order valence-electron chi connectivity index (χ2n) is 6.25. The van der Waals surface area contributed by atoms with Gasteiger partial charge in [-0.1, -0.05) is 24.3 Å². The molecule has 4 aliphatic heterocycles. The van der Waals surface area contributed by atoms with E-state index in [2.05, 4.69) is 12.1 Å². The van der Waals surface area contributed by atoms with E-state index in [1.165, 1.54) is 0 Å². The predicted molar refractivity (Wildman–Crippen MR) is 72.6 cm³/mol. The molecule has 3 saturated heterocycles. The molecule has 0 aromatic heterocycles. The number of hydrogen-bond donors (Lipinski definition) is 0. The predicted octanol–water partition coefficient (Wildman–Crippen LogP) is 1.31. The Morgan fingerprint density at radius 3 is 2.59 bits per heavy atom. The molecule has 0 saturated carbocycles. The van der Waals surface area contributed by atoms with Gasteiger partial charge in [-0.2, -0.15) is 0 Å². The minimum atomic E-state index is -1.03. The van der Waals surface area contributed by atoms with E-state index in [0.717, 1.165) is 11.1 Å². The Kier molecular flexibility index (Phi) is 2.89. The van der Waals surface area contributed by atoms with E-state index in [-0.39, 0.29) is 24.4 Å². The van der Waals surface area contributed by atoms with E-state index in [4.69, 9.17) is 28.4 Å². The largest absolute Gasteiger partial charge is 0.374 e. The number of benzene rings is 1. The van der Waals surface area contributed by atoms with Gasteiger partial charge in [0, 0.05) is 6.92 Å². The molecule has 5 rings (SSSR count). The number of fused-ring (bicyclic) bond motifs is 2. The lowest BCUT2D eigenvalue weighted by atomic mass is 9.97. The third kappa shape index (κ3) is 1.96. The first kappa shape index (κ1) is 13.4. The first-order valence-electron chi connectivity index (χ1n) is 7.67. The highest BCUT2D eigenvalue weighted by atomic mass is 17.0. The Bertz CT molecular complexity index is 592. The maximum Gasteiger partial charge on any atom is 0.283 e. The molecule has 0 N–H and O–H groups in total. The zero-order chi connectivity index (χ0) is 14.7. The minimum Gasteiger partial charge on any atom is -0.374 e. The Hall–Kier alpha value is -1.02. The smallest absolute Gasteiger partial charge is 0.283 e. The van der Waals surface area contributed by atoms with Crippen LogP contribution in [0, 0.1) is 0 Å². The van der Waals surface area contributed by atoms with Crippen molar-refractivity contribution in [2.45, 2.75) is 56.8 Å². The van der Waals surface area contributed by atoms with E-state index in [0.29, 0.717) is 19.8 Å². The van der Waals surface area contributed by atoms with Gasteiger partial charge in [0.2, 0.25) is 0 Å². The van der Waals surface area contributed by atoms with Gasteiger partial charge < -0.3 is 23.7 Å². The van der Waals surface area contributed by atoms with Crippen molar-refractivity contribution < 1.29 is 28.4 Å². The van der Waals surface area contributed by atoms with E-state index >= 15 is 0 Å². The normalized spacial score (nSPS) is 46.3. The standard InChI is InChI=1S/C16H18O6/c1-16-20-12-11-8-17-6-9-4-2-3-5-10(9)7-18-13(12)14(21-16)15(19-11)22-16/h2-5,11-15H,6-8H2,1H3/t11?,12-,13-,14?,15-,16?/m1/s1. The SMILES string of the molecule is CC12OC3[C@H](OC4COCc5ccccc5CO[C@@H]3[C@@H]4O1)O2. The fourth-order valence-corrected chi connectivity index (χ4v) is 3.66. The molecule has 5 bridgehead atoms. The van der Waals surface area contributed by atoms with Crippen molar-refractivity contribution in [1.82, 2.24) is 0 Å². The van der Waals surface area contributed by atoms with E-state index < -0.39 is 12.3 Å². The maximum absolute atomic E-state index is 6.16. The molecule has 6 nitrogen and oxygen atoms in total. The Labute approximate surface area is 128 Å². The zero-order valence-electron chi connectivity index (χ0n) is 12.3. The lowest BCUT2D eigenvalue weighted by Gasteiger charge is -2.45. The molecule has 0 spiro atoms. The quantitative estimate of drug-likeness (QED) is 0.720. The van der Waals surface area contributed by atoms with E-state index in [9.17, 15) is 0 Å². The molecule has 3 unspecified atom stereocenters. The van der Waals surface area contributed by atoms with Gasteiger partial charge in [0.15, 0.2) is 6.29 Å². The van der Waals surface area contributed by atoms with E-state index in [1.54, 1.807) is 6.92 Å². The van der Waals surface area contributed by atoms with Gasteiger partial charge in [-0.25, -0.2) is 0 Å². The monoisotopic (exact) mass is 306 g/mol. The van der Waals surface area contributed by atoms with Gasteiger partial charge in [0.1, 0.15) is 24.4 Å². The van der Waals surface area contributed by atoms with E-state index in [1.807, 2.05) is 12.1 Å². The number of rotatable bonds is 0. The highest BCUT2D eigenvalue weighted by Gasteiger charge is 2.64. The molecule has 1 aromatic rings. The highest BCUT2D eigenvalue weighted by Crippen LogP contribution is 2.46. The highest BCUT2D eigenvalue weighted by molar-refractivity contribution is 5.26.